The van der Waals surface area contributed by atoms with Gasteiger partial charge in [0.1, 0.15) is 5.54 Å². The quantitative estimate of drug-likeness (QED) is 0.898. The van der Waals surface area contributed by atoms with Gasteiger partial charge in [-0.2, -0.15) is 0 Å². The molecule has 0 aliphatic rings. The molecule has 0 aliphatic carbocycles. The highest BCUT2D eigenvalue weighted by Crippen LogP contribution is 2.21. The van der Waals surface area contributed by atoms with Crippen molar-refractivity contribution in [3.63, 3.8) is 0 Å². The summed E-state index contributed by atoms with van der Waals surface area (Å²) in [5, 5.41) is 9.29. The Bertz CT molecular complexity index is 664. The maximum atomic E-state index is 12.3. The Morgan fingerprint density at radius 3 is 2.33 bits per heavy atom. The molecule has 1 aromatic carbocycles. The molecule has 0 spiro atoms. The predicted octanol–water partition coefficient (Wildman–Crippen LogP) is 1.64. The van der Waals surface area contributed by atoms with Crippen LogP contribution in [0.2, 0.25) is 0 Å². The summed E-state index contributed by atoms with van der Waals surface area (Å²) >= 11 is 0. The maximum absolute atomic E-state index is 12.3. The van der Waals surface area contributed by atoms with Gasteiger partial charge in [-0.05, 0) is 32.9 Å². The van der Waals surface area contributed by atoms with Crippen molar-refractivity contribution < 1.29 is 9.90 Å². The summed E-state index contributed by atoms with van der Waals surface area (Å²) in [4.78, 5) is 23.7. The van der Waals surface area contributed by atoms with Crippen molar-refractivity contribution in [2.45, 2.75) is 32.9 Å². The number of fused-ring (bicyclic) bond motifs is 1. The molecule has 0 fully saturated rings. The highest BCUT2D eigenvalue weighted by Gasteiger charge is 2.33. The molecule has 1 N–H and O–H groups in total. The molecule has 0 saturated carbocycles. The van der Waals surface area contributed by atoms with Crippen LogP contribution in [-0.4, -0.2) is 20.2 Å². The zero-order chi connectivity index (χ0) is 13.5. The summed E-state index contributed by atoms with van der Waals surface area (Å²) in [7, 11) is 0. The Morgan fingerprint density at radius 1 is 1.28 bits per heavy atom. The third-order valence-corrected chi connectivity index (χ3v) is 3.23. The zero-order valence-corrected chi connectivity index (χ0v) is 10.7. The largest absolute Gasteiger partial charge is 0.480 e. The van der Waals surface area contributed by atoms with E-state index in [1.54, 1.807) is 16.7 Å². The lowest BCUT2D eigenvalue weighted by Crippen LogP contribution is -2.42. The van der Waals surface area contributed by atoms with Crippen LogP contribution in [-0.2, 0) is 16.9 Å². The summed E-state index contributed by atoms with van der Waals surface area (Å²) in [6.45, 7) is 5.44. The van der Waals surface area contributed by atoms with E-state index >= 15 is 0 Å². The summed E-state index contributed by atoms with van der Waals surface area (Å²) in [5.74, 6) is -1.02. The molecule has 0 unspecified atom stereocenters. The number of aromatic nitrogens is 2. The smallest absolute Gasteiger partial charge is 0.330 e. The standard InChI is InChI=1S/C13H16N2O3/c1-4-14-9-7-5-6-8-10(9)15(12(14)18)13(2,3)11(16)17/h5-8H,4H2,1-3H3,(H,16,17). The molecule has 18 heavy (non-hydrogen) atoms. The predicted molar refractivity (Wildman–Crippen MR) is 68.8 cm³/mol. The van der Waals surface area contributed by atoms with Crippen LogP contribution in [0.3, 0.4) is 0 Å². The lowest BCUT2D eigenvalue weighted by Gasteiger charge is -2.21. The van der Waals surface area contributed by atoms with E-state index in [2.05, 4.69) is 0 Å². The first-order chi connectivity index (χ1) is 8.41. The van der Waals surface area contributed by atoms with Gasteiger partial charge in [0.25, 0.3) is 0 Å². The van der Waals surface area contributed by atoms with E-state index in [0.29, 0.717) is 12.1 Å². The third-order valence-electron chi connectivity index (χ3n) is 3.23. The first-order valence-electron chi connectivity index (χ1n) is 5.85. The second-order valence-electron chi connectivity index (χ2n) is 4.72. The van der Waals surface area contributed by atoms with Gasteiger partial charge in [-0.15, -0.1) is 0 Å². The van der Waals surface area contributed by atoms with E-state index in [1.165, 1.54) is 18.4 Å². The topological polar surface area (TPSA) is 64.2 Å². The average Bonchev–Trinajstić information content (AvgIpc) is 2.60. The summed E-state index contributed by atoms with van der Waals surface area (Å²) in [5.41, 5.74) is -0.140. The number of rotatable bonds is 3. The number of benzene rings is 1. The number of nitrogens with zero attached hydrogens (tertiary/aromatic N) is 2. The first-order valence-corrected chi connectivity index (χ1v) is 5.85. The molecule has 2 aromatic rings. The minimum atomic E-state index is -1.27. The SMILES string of the molecule is CCn1c(=O)n(C(C)(C)C(=O)O)c2ccccc21. The zero-order valence-electron chi connectivity index (χ0n) is 10.7. The minimum Gasteiger partial charge on any atom is -0.480 e. The third kappa shape index (κ3) is 1.54. The van der Waals surface area contributed by atoms with E-state index in [4.69, 9.17) is 0 Å². The fraction of sp³-hybridized carbons (Fsp3) is 0.385. The molecular formula is C13H16N2O3. The number of carbonyl (C=O) groups is 1. The number of aryl methyl sites for hydroxylation is 1. The molecule has 0 aliphatic heterocycles. The summed E-state index contributed by atoms with van der Waals surface area (Å²) < 4.78 is 2.92. The average molecular weight is 248 g/mol. The lowest BCUT2D eigenvalue weighted by atomic mass is 10.1. The van der Waals surface area contributed by atoms with Crippen molar-refractivity contribution in [3.05, 3.63) is 34.7 Å². The van der Waals surface area contributed by atoms with Crippen molar-refractivity contribution in [1.29, 1.82) is 0 Å². The van der Waals surface area contributed by atoms with E-state index in [9.17, 15) is 14.7 Å². The molecule has 1 aromatic heterocycles. The monoisotopic (exact) mass is 248 g/mol. The van der Waals surface area contributed by atoms with E-state index in [1.807, 2.05) is 19.1 Å². The molecule has 0 saturated heterocycles. The Hall–Kier alpha value is -2.04. The van der Waals surface area contributed by atoms with Crippen LogP contribution in [0, 0.1) is 0 Å². The minimum absolute atomic E-state index is 0.286. The van der Waals surface area contributed by atoms with Crippen LogP contribution >= 0.6 is 0 Å². The number of aliphatic carboxylic acids is 1. The summed E-state index contributed by atoms with van der Waals surface area (Å²) in [6, 6.07) is 7.24. The van der Waals surface area contributed by atoms with Crippen molar-refractivity contribution in [3.8, 4) is 0 Å². The van der Waals surface area contributed by atoms with Crippen molar-refractivity contribution in [2.75, 3.05) is 0 Å². The Kier molecular flexibility index (Phi) is 2.77. The van der Waals surface area contributed by atoms with Crippen LogP contribution in [0.5, 0.6) is 0 Å². The molecule has 5 heteroatoms. The van der Waals surface area contributed by atoms with Gasteiger partial charge in [0.05, 0.1) is 11.0 Å². The van der Waals surface area contributed by atoms with Gasteiger partial charge in [0.2, 0.25) is 0 Å². The number of hydrogen-bond donors (Lipinski definition) is 1. The van der Waals surface area contributed by atoms with E-state index in [0.717, 1.165) is 5.52 Å². The fourth-order valence-electron chi connectivity index (χ4n) is 2.15. The Morgan fingerprint density at radius 2 is 1.83 bits per heavy atom. The van der Waals surface area contributed by atoms with Gasteiger partial charge in [-0.1, -0.05) is 12.1 Å². The van der Waals surface area contributed by atoms with Gasteiger partial charge >= 0.3 is 11.7 Å². The molecule has 0 bridgehead atoms. The van der Waals surface area contributed by atoms with Crippen molar-refractivity contribution in [2.24, 2.45) is 0 Å². The number of carboxylic acid groups (broad SMARTS) is 1. The van der Waals surface area contributed by atoms with Gasteiger partial charge in [-0.25, -0.2) is 9.59 Å². The molecule has 0 atom stereocenters. The molecule has 1 heterocycles. The van der Waals surface area contributed by atoms with Gasteiger partial charge in [0, 0.05) is 6.54 Å². The molecule has 0 radical (unpaired) electrons. The van der Waals surface area contributed by atoms with E-state index < -0.39 is 11.5 Å². The van der Waals surface area contributed by atoms with Crippen LogP contribution in [0.25, 0.3) is 11.0 Å². The molecule has 2 rings (SSSR count). The van der Waals surface area contributed by atoms with Crippen LogP contribution < -0.4 is 5.69 Å². The fourth-order valence-corrected chi connectivity index (χ4v) is 2.15. The van der Waals surface area contributed by atoms with Crippen molar-refractivity contribution >= 4 is 17.0 Å². The lowest BCUT2D eigenvalue weighted by molar-refractivity contribution is -0.145. The van der Waals surface area contributed by atoms with Crippen LogP contribution in [0.4, 0.5) is 0 Å². The second-order valence-corrected chi connectivity index (χ2v) is 4.72. The maximum Gasteiger partial charge on any atom is 0.330 e. The summed E-state index contributed by atoms with van der Waals surface area (Å²) in [6.07, 6.45) is 0. The number of para-hydroxylation sites is 2. The number of hydrogen-bond acceptors (Lipinski definition) is 2. The molecule has 5 nitrogen and oxygen atoms in total. The normalized spacial score (nSPS) is 11.9. The highest BCUT2D eigenvalue weighted by atomic mass is 16.4. The van der Waals surface area contributed by atoms with E-state index in [-0.39, 0.29) is 5.69 Å². The molecular weight excluding hydrogens is 232 g/mol. The second kappa shape index (κ2) is 4.01. The highest BCUT2D eigenvalue weighted by molar-refractivity contribution is 5.82. The van der Waals surface area contributed by atoms with Crippen LogP contribution in [0.15, 0.2) is 29.1 Å². The molecule has 0 amide bonds. The van der Waals surface area contributed by atoms with Crippen LogP contribution in [0.1, 0.15) is 20.8 Å². The number of imidazole rings is 1. The Balaban J connectivity index is 2.92. The first kappa shape index (κ1) is 12.4. The van der Waals surface area contributed by atoms with Crippen molar-refractivity contribution in [1.82, 2.24) is 9.13 Å². The molecule has 96 valence electrons. The van der Waals surface area contributed by atoms with Gasteiger partial charge < -0.3 is 5.11 Å². The van der Waals surface area contributed by atoms with Gasteiger partial charge in [-0.3, -0.25) is 9.13 Å². The Labute approximate surface area is 104 Å². The number of carboxylic acids is 1. The van der Waals surface area contributed by atoms with Gasteiger partial charge in [0.15, 0.2) is 0 Å².